The molecule has 7 nitrogen and oxygen atoms in total. The first-order valence-corrected chi connectivity index (χ1v) is 6.73. The number of anilines is 1. The second-order valence-electron chi connectivity index (χ2n) is 4.05. The van der Waals surface area contributed by atoms with Gasteiger partial charge in [0.15, 0.2) is 5.65 Å². The van der Waals surface area contributed by atoms with E-state index in [2.05, 4.69) is 15.0 Å². The predicted molar refractivity (Wildman–Crippen MR) is 77.3 cm³/mol. The van der Waals surface area contributed by atoms with Gasteiger partial charge in [-0.05, 0) is 11.6 Å². The van der Waals surface area contributed by atoms with Crippen LogP contribution in [0.2, 0.25) is 5.15 Å². The lowest BCUT2D eigenvalue weighted by atomic mass is 10.3. The molecular formula is C11H8ClN5O2S. The van der Waals surface area contributed by atoms with E-state index in [-0.39, 0.29) is 27.7 Å². The molecule has 0 saturated carbocycles. The van der Waals surface area contributed by atoms with Crippen LogP contribution in [0.4, 0.5) is 5.95 Å². The molecule has 3 rings (SSSR count). The van der Waals surface area contributed by atoms with E-state index < -0.39 is 5.56 Å². The van der Waals surface area contributed by atoms with Crippen molar-refractivity contribution in [3.05, 3.63) is 49.1 Å². The van der Waals surface area contributed by atoms with Crippen LogP contribution in [0.25, 0.3) is 10.3 Å². The number of aromatic amines is 1. The summed E-state index contributed by atoms with van der Waals surface area (Å²) in [5, 5.41) is 0.370. The van der Waals surface area contributed by atoms with E-state index in [4.69, 9.17) is 17.3 Å². The predicted octanol–water partition coefficient (Wildman–Crippen LogP) is 0.825. The molecule has 0 aliphatic rings. The van der Waals surface area contributed by atoms with Crippen molar-refractivity contribution in [2.24, 2.45) is 0 Å². The Kier molecular flexibility index (Phi) is 3.03. The van der Waals surface area contributed by atoms with Gasteiger partial charge in [0, 0.05) is 6.20 Å². The number of nitrogens with zero attached hydrogens (tertiary/aromatic N) is 3. The molecule has 0 saturated heterocycles. The van der Waals surface area contributed by atoms with Gasteiger partial charge in [-0.15, -0.1) is 0 Å². The van der Waals surface area contributed by atoms with Gasteiger partial charge in [0.1, 0.15) is 9.85 Å². The van der Waals surface area contributed by atoms with Gasteiger partial charge in [-0.3, -0.25) is 19.1 Å². The lowest BCUT2D eigenvalue weighted by Crippen LogP contribution is -2.16. The Balaban J connectivity index is 2.16. The molecule has 0 aliphatic heterocycles. The molecule has 3 heterocycles. The zero-order valence-electron chi connectivity index (χ0n) is 9.96. The van der Waals surface area contributed by atoms with Crippen molar-refractivity contribution in [1.29, 1.82) is 0 Å². The van der Waals surface area contributed by atoms with E-state index >= 15 is 0 Å². The molecule has 20 heavy (non-hydrogen) atoms. The number of halogens is 1. The first-order valence-electron chi connectivity index (χ1n) is 5.54. The lowest BCUT2D eigenvalue weighted by Gasteiger charge is -2.03. The number of pyridine rings is 1. The quantitative estimate of drug-likeness (QED) is 0.682. The molecule has 0 spiro atoms. The van der Waals surface area contributed by atoms with Crippen LogP contribution in [0.15, 0.2) is 27.9 Å². The molecule has 3 aromatic rings. The summed E-state index contributed by atoms with van der Waals surface area (Å²) in [6.45, 7) is 0.249. The molecule has 0 bridgehead atoms. The molecule has 0 atom stereocenters. The van der Waals surface area contributed by atoms with Crippen molar-refractivity contribution >= 4 is 39.2 Å². The van der Waals surface area contributed by atoms with Crippen molar-refractivity contribution in [3.8, 4) is 0 Å². The number of nitrogens with one attached hydrogen (secondary N) is 1. The minimum Gasteiger partial charge on any atom is -0.369 e. The van der Waals surface area contributed by atoms with E-state index in [0.29, 0.717) is 5.15 Å². The van der Waals surface area contributed by atoms with Gasteiger partial charge in [-0.2, -0.15) is 4.98 Å². The summed E-state index contributed by atoms with van der Waals surface area (Å²) in [4.78, 5) is 33.7. The fourth-order valence-corrected chi connectivity index (χ4v) is 2.73. The number of hydrogen-bond acceptors (Lipinski definition) is 6. The second kappa shape index (κ2) is 4.73. The van der Waals surface area contributed by atoms with Crippen LogP contribution in [0.1, 0.15) is 5.56 Å². The molecule has 3 N–H and O–H groups in total. The van der Waals surface area contributed by atoms with Gasteiger partial charge in [-0.25, -0.2) is 4.98 Å². The molecule has 0 aromatic carbocycles. The molecule has 0 aliphatic carbocycles. The fourth-order valence-electron chi connectivity index (χ4n) is 1.79. The van der Waals surface area contributed by atoms with E-state index in [1.54, 1.807) is 18.3 Å². The standard InChI is InChI=1S/C11H8ClN5O2S/c12-6-2-1-5(3-14-6)4-17-8-7(20-11(17)19)9(18)16-10(13)15-8/h1-3H,4H2,(H3,13,15,16,18). The van der Waals surface area contributed by atoms with Crippen LogP contribution >= 0.6 is 22.9 Å². The smallest absolute Gasteiger partial charge is 0.309 e. The topological polar surface area (TPSA) is 107 Å². The number of fused-ring (bicyclic) bond motifs is 1. The molecule has 3 aromatic heterocycles. The number of rotatable bonds is 2. The highest BCUT2D eigenvalue weighted by atomic mass is 35.5. The number of hydrogen-bond donors (Lipinski definition) is 2. The van der Waals surface area contributed by atoms with Crippen molar-refractivity contribution in [2.75, 3.05) is 5.73 Å². The first kappa shape index (κ1) is 12.8. The molecule has 0 radical (unpaired) electrons. The number of nitrogens with two attached hydrogens (primary N) is 1. The summed E-state index contributed by atoms with van der Waals surface area (Å²) >= 11 is 6.55. The number of thiazole rings is 1. The highest BCUT2D eigenvalue weighted by molar-refractivity contribution is 7.16. The van der Waals surface area contributed by atoms with Crippen LogP contribution in [-0.4, -0.2) is 19.5 Å². The van der Waals surface area contributed by atoms with E-state index in [9.17, 15) is 9.59 Å². The summed E-state index contributed by atoms with van der Waals surface area (Å²) in [5.41, 5.74) is 6.14. The highest BCUT2D eigenvalue weighted by Gasteiger charge is 2.13. The summed E-state index contributed by atoms with van der Waals surface area (Å²) < 4.78 is 1.64. The van der Waals surface area contributed by atoms with Crippen molar-refractivity contribution in [1.82, 2.24) is 19.5 Å². The molecule has 102 valence electrons. The zero-order valence-corrected chi connectivity index (χ0v) is 11.5. The molecule has 0 unspecified atom stereocenters. The van der Waals surface area contributed by atoms with E-state index in [1.165, 1.54) is 4.57 Å². The van der Waals surface area contributed by atoms with Gasteiger partial charge >= 0.3 is 4.87 Å². The highest BCUT2D eigenvalue weighted by Crippen LogP contribution is 2.13. The average Bonchev–Trinajstić information content (AvgIpc) is 2.70. The van der Waals surface area contributed by atoms with Crippen LogP contribution in [0.5, 0.6) is 0 Å². The molecular weight excluding hydrogens is 302 g/mol. The lowest BCUT2D eigenvalue weighted by molar-refractivity contribution is 0.799. The largest absolute Gasteiger partial charge is 0.369 e. The van der Waals surface area contributed by atoms with Crippen molar-refractivity contribution in [2.45, 2.75) is 6.54 Å². The van der Waals surface area contributed by atoms with Crippen molar-refractivity contribution in [3.63, 3.8) is 0 Å². The average molecular weight is 310 g/mol. The minimum atomic E-state index is -0.414. The third-order valence-electron chi connectivity index (χ3n) is 2.67. The Bertz CT molecular complexity index is 896. The maximum absolute atomic E-state index is 12.0. The van der Waals surface area contributed by atoms with Gasteiger partial charge in [0.25, 0.3) is 5.56 Å². The summed E-state index contributed by atoms with van der Waals surface area (Å²) in [6.07, 6.45) is 1.56. The van der Waals surface area contributed by atoms with Gasteiger partial charge < -0.3 is 5.73 Å². The number of aromatic nitrogens is 4. The number of nitrogen functional groups attached to an aromatic ring is 1. The minimum absolute atomic E-state index is 0.0247. The summed E-state index contributed by atoms with van der Waals surface area (Å²) in [5.74, 6) is -0.0247. The van der Waals surface area contributed by atoms with E-state index in [0.717, 1.165) is 16.9 Å². The van der Waals surface area contributed by atoms with Crippen LogP contribution in [0, 0.1) is 0 Å². The normalized spacial score (nSPS) is 11.1. The monoisotopic (exact) mass is 309 g/mol. The SMILES string of the molecule is Nc1nc2c(sc(=O)n2Cc2ccc(Cl)nc2)c(=O)[nH]1. The van der Waals surface area contributed by atoms with Crippen molar-refractivity contribution < 1.29 is 0 Å². The number of H-pyrrole nitrogens is 1. The molecule has 9 heteroatoms. The third-order valence-corrected chi connectivity index (χ3v) is 3.86. The Morgan fingerprint density at radius 1 is 1.40 bits per heavy atom. The first-order chi connectivity index (χ1) is 9.54. The van der Waals surface area contributed by atoms with Gasteiger partial charge in [0.2, 0.25) is 5.95 Å². The van der Waals surface area contributed by atoms with E-state index in [1.807, 2.05) is 0 Å². The summed E-state index contributed by atoms with van der Waals surface area (Å²) in [7, 11) is 0. The Morgan fingerprint density at radius 2 is 2.20 bits per heavy atom. The summed E-state index contributed by atoms with van der Waals surface area (Å²) in [6, 6.07) is 3.38. The molecule has 0 amide bonds. The molecule has 0 fully saturated rings. The fraction of sp³-hybridized carbons (Fsp3) is 0.0909. The third kappa shape index (κ3) is 2.19. The van der Waals surface area contributed by atoms with Crippen LogP contribution < -0.4 is 16.2 Å². The van der Waals surface area contributed by atoms with Gasteiger partial charge in [-0.1, -0.05) is 29.0 Å². The van der Waals surface area contributed by atoms with Gasteiger partial charge in [0.05, 0.1) is 6.54 Å². The Morgan fingerprint density at radius 3 is 2.90 bits per heavy atom. The van der Waals surface area contributed by atoms with Crippen LogP contribution in [0.3, 0.4) is 0 Å². The van der Waals surface area contributed by atoms with Crippen LogP contribution in [-0.2, 0) is 6.54 Å². The Hall–Kier alpha value is -2.19. The maximum atomic E-state index is 12.0. The zero-order chi connectivity index (χ0) is 14.3. The maximum Gasteiger partial charge on any atom is 0.309 e. The second-order valence-corrected chi connectivity index (χ2v) is 5.40. The Labute approximate surface area is 120 Å².